The molecule has 6 fully saturated rings. The number of hydrogen-bond acceptors (Lipinski definition) is 35. The lowest BCUT2D eigenvalue weighted by Gasteiger charge is -2.41. The molecule has 14 heterocycles. The number of hydrogen-bond donors (Lipinski definition) is 8. The lowest BCUT2D eigenvalue weighted by atomic mass is 10.1. The third kappa shape index (κ3) is 19.1. The highest BCUT2D eigenvalue weighted by Gasteiger charge is 2.59. The molecule has 9 aromatic rings. The van der Waals surface area contributed by atoms with Gasteiger partial charge in [-0.05, 0) is 83.8 Å². The van der Waals surface area contributed by atoms with Crippen LogP contribution >= 0.6 is 39.2 Å². The maximum Gasteiger partial charge on any atom is 0.386 e. The largest absolute Gasteiger partial charge is 0.408 e. The number of aromatic amines is 2. The van der Waals surface area contributed by atoms with Crippen molar-refractivity contribution in [3.63, 3.8) is 0 Å². The van der Waals surface area contributed by atoms with Crippen molar-refractivity contribution >= 4 is 165 Å². The summed E-state index contributed by atoms with van der Waals surface area (Å²) < 4.78 is 147. The van der Waals surface area contributed by atoms with Crippen molar-refractivity contribution in [2.24, 2.45) is 5.92 Å². The molecule has 15 rings (SSSR count). The van der Waals surface area contributed by atoms with Crippen LogP contribution in [0.4, 0.5) is 26.4 Å². The third-order valence-electron chi connectivity index (χ3n) is 21.7. The van der Waals surface area contributed by atoms with Crippen molar-refractivity contribution in [1.29, 1.82) is 0 Å². The molecule has 1 aromatic carbocycles. The van der Waals surface area contributed by atoms with Crippen LogP contribution in [0.5, 0.6) is 0 Å². The normalized spacial score (nSPS) is 31.5. The standard InChI is InChI=1S/C42H52FN9O12P2S2Si.C26H37FN10O10P2S2Si/c1-9-10-16-57-66(68)59-19-26-32(29(43)40(60-26)51-21-46-30-35(44-20-45-36(30)51)50-38(54)24-14-12-11-13-15-24)62-65(56,67)58-18-27-33(64-69(7,8)42(4,5)6)34(63-66)41(61-27)52-22-47-31-37(52)48-28(49-39(31)55)17-25(53)23(2)3;1-26(2,3)52(4,5)47-17-12-7-42-48(39,50)45-16-11(43-23(13(16)27)36-9-32-14-19(28)30-8-31-20(14)36)6-41-49(40,51)46-18(17)24(44-12)37-10-33-15-21(37)34-25(29)35-22(15)38/h1,11-15,20-23,26-27,29,32-34,40-41H,10,16-19H2,2-8H3,(H,56,67)(H,48,49,55)(H,44,45,50,54);8-13,16-18,23-24H,6-7H2,1-5H3,(H,39,50)(H,40,51)(H2,28,30,31)(H3,29,34,35,38)/t26-,27-,29-,32-,33-,34-,40-,41-,65?,66?;11-,12-,13-,16-,17-,18-,23-,24-,48?,49?/m11/s1. The van der Waals surface area contributed by atoms with Crippen LogP contribution in [-0.2, 0) is 120 Å². The van der Waals surface area contributed by atoms with Gasteiger partial charge in [-0.1, -0.05) is 85.8 Å². The molecule has 8 aromatic heterocycles. The average molecular weight is 1870 g/mol. The van der Waals surface area contributed by atoms with Gasteiger partial charge in [0.05, 0.1) is 64.8 Å². The van der Waals surface area contributed by atoms with Crippen LogP contribution in [0.25, 0.3) is 44.7 Å². The van der Waals surface area contributed by atoms with Crippen molar-refractivity contribution < 1.29 is 101 Å². The first kappa shape index (κ1) is 90.7. The molecular formula is C68H89F2N19O22P4S4Si2. The number of terminal acetylenes is 1. The van der Waals surface area contributed by atoms with E-state index in [0.29, 0.717) is 5.56 Å². The monoisotopic (exact) mass is 1870 g/mol. The van der Waals surface area contributed by atoms with E-state index in [1.54, 1.807) is 44.2 Å². The molecule has 4 unspecified atom stereocenters. The van der Waals surface area contributed by atoms with Crippen LogP contribution in [0.2, 0.25) is 36.3 Å². The number of carbonyl (C=O) groups excluding carboxylic acids is 2. The predicted octanol–water partition coefficient (Wildman–Crippen LogP) is 8.52. The minimum Gasteiger partial charge on any atom is -0.408 e. The zero-order valence-electron chi connectivity index (χ0n) is 66.9. The van der Waals surface area contributed by atoms with Gasteiger partial charge >= 0.3 is 27.0 Å². The molecule has 6 aliphatic rings. The highest BCUT2D eigenvalue weighted by Crippen LogP contribution is 2.61. The first-order chi connectivity index (χ1) is 56.8. The number of imidazole rings is 4. The van der Waals surface area contributed by atoms with Crippen LogP contribution in [0.15, 0.2) is 77.9 Å². The van der Waals surface area contributed by atoms with E-state index in [-0.39, 0.29) is 109 Å². The maximum absolute atomic E-state index is 17.1. The van der Waals surface area contributed by atoms with E-state index in [9.17, 15) is 33.5 Å². The Morgan fingerprint density at radius 1 is 0.636 bits per heavy atom. The minimum atomic E-state index is -4.42. The molecule has 654 valence electrons. The number of H-pyrrole nitrogens is 2. The molecule has 41 nitrogen and oxygen atoms in total. The van der Waals surface area contributed by atoms with E-state index >= 15 is 8.78 Å². The van der Waals surface area contributed by atoms with Gasteiger partial charge in [-0.3, -0.25) is 65.0 Å². The Labute approximate surface area is 711 Å². The number of Topliss-reactive ketones (excluding diaryl/α,β-unsaturated/α-hetero) is 1. The summed E-state index contributed by atoms with van der Waals surface area (Å²) in [4.78, 5) is 123. The van der Waals surface area contributed by atoms with Crippen molar-refractivity contribution in [3.05, 3.63) is 100 Å². The number of benzene rings is 1. The van der Waals surface area contributed by atoms with Gasteiger partial charge in [0, 0.05) is 17.9 Å². The topological polar surface area (TPSA) is 509 Å². The zero-order chi connectivity index (χ0) is 87.2. The molecule has 6 saturated heterocycles. The molecule has 0 saturated carbocycles. The summed E-state index contributed by atoms with van der Waals surface area (Å²) in [6.07, 6.45) is -9.15. The smallest absolute Gasteiger partial charge is 0.386 e. The number of ether oxygens (including phenoxy) is 4. The molecule has 53 heteroatoms. The highest BCUT2D eigenvalue weighted by atomic mass is 32.7. The molecule has 1 amide bonds. The van der Waals surface area contributed by atoms with Crippen LogP contribution in [0, 0.1) is 18.3 Å². The summed E-state index contributed by atoms with van der Waals surface area (Å²) in [5.74, 6) is 1.59. The van der Waals surface area contributed by atoms with Crippen LogP contribution in [0.3, 0.4) is 0 Å². The number of thiol groups is 1. The molecule has 6 aliphatic heterocycles. The number of amides is 1. The number of ketones is 1. The summed E-state index contributed by atoms with van der Waals surface area (Å²) in [5, 5.41) is 2.03. The molecule has 9 N–H and O–H groups in total. The molecule has 0 aliphatic carbocycles. The number of nitrogens with one attached hydrogen (secondary N) is 3. The highest BCUT2D eigenvalue weighted by molar-refractivity contribution is 8.44. The number of nitrogens with zero attached hydrogens (tertiary/aromatic N) is 14. The van der Waals surface area contributed by atoms with Crippen molar-refractivity contribution in [1.82, 2.24) is 78.1 Å². The molecular weight excluding hydrogens is 1780 g/mol. The van der Waals surface area contributed by atoms with Crippen molar-refractivity contribution in [2.45, 2.75) is 203 Å². The Bertz CT molecular complexity index is 5790. The zero-order valence-corrected chi connectivity index (χ0v) is 75.8. The second kappa shape index (κ2) is 35.0. The number of nitrogens with two attached hydrogens (primary N) is 2. The number of rotatable bonds is 16. The Hall–Kier alpha value is -6.54. The van der Waals surface area contributed by atoms with E-state index in [1.807, 2.05) is 67.7 Å². The van der Waals surface area contributed by atoms with Crippen LogP contribution in [-0.4, -0.2) is 223 Å². The summed E-state index contributed by atoms with van der Waals surface area (Å²) >= 11 is 21.4. The third-order valence-corrected chi connectivity index (χ3v) is 37.8. The number of aromatic nitrogens is 16. The number of halogens is 2. The van der Waals surface area contributed by atoms with E-state index in [0.717, 1.165) is 0 Å². The quantitative estimate of drug-likeness (QED) is 0.0148. The predicted molar refractivity (Wildman–Crippen MR) is 450 cm³/mol. The minimum absolute atomic E-state index is 0.0326. The van der Waals surface area contributed by atoms with E-state index in [4.69, 9.17) is 122 Å². The number of nitrogen functional groups attached to an aromatic ring is 2. The Balaban J connectivity index is 0.000000206. The maximum atomic E-state index is 17.1. The van der Waals surface area contributed by atoms with Gasteiger partial charge in [-0.15, -0.1) is 12.3 Å². The molecule has 0 spiro atoms. The number of carbonyl (C=O) groups is 2. The number of fused-ring (bicyclic) bond motifs is 10. The summed E-state index contributed by atoms with van der Waals surface area (Å²) in [7, 11) is -5.45. The fraction of sp³-hybridized carbons (Fsp3) is 0.559. The lowest BCUT2D eigenvalue weighted by molar-refractivity contribution is -0.121. The Kier molecular flexibility index (Phi) is 26.2. The number of alkyl halides is 2. The molecule has 20 atom stereocenters. The second-order valence-corrected chi connectivity index (χ2v) is 53.2. The lowest BCUT2D eigenvalue weighted by Crippen LogP contribution is -2.50. The fourth-order valence-electron chi connectivity index (χ4n) is 13.4. The van der Waals surface area contributed by atoms with Crippen LogP contribution in [0.1, 0.15) is 103 Å². The van der Waals surface area contributed by atoms with Crippen molar-refractivity contribution in [3.8, 4) is 12.3 Å². The van der Waals surface area contributed by atoms with E-state index in [1.165, 1.54) is 56.2 Å². The second-order valence-electron chi connectivity index (χ2n) is 32.3. The van der Waals surface area contributed by atoms with Gasteiger partial charge in [0.1, 0.15) is 90.8 Å². The van der Waals surface area contributed by atoms with Gasteiger partial charge in [-0.25, -0.2) is 58.2 Å². The molecule has 121 heavy (non-hydrogen) atoms. The van der Waals surface area contributed by atoms with E-state index in [2.05, 4.69) is 83.3 Å². The van der Waals surface area contributed by atoms with Gasteiger partial charge in [0.15, 0.2) is 105 Å². The fourth-order valence-corrected chi connectivity index (χ4v) is 22.4. The first-order valence-electron chi connectivity index (χ1n) is 37.8. The summed E-state index contributed by atoms with van der Waals surface area (Å²) in [6, 6.07) is 8.46. The van der Waals surface area contributed by atoms with E-state index < -0.39 is 185 Å². The Morgan fingerprint density at radius 2 is 1.10 bits per heavy atom. The molecule has 0 radical (unpaired) electrons. The number of anilines is 3. The first-order valence-corrected chi connectivity index (χ1v) is 54.0. The SMILES string of the molecule is C#CCCOP1(=S)OC[C@H]2O[C@@H](n3cnc4c(NC(=O)c5ccccc5)ncnc43)[C@H](F)[C@@H]2OP(O)(=S)OC[C@H]2O[C@@H](n3cnc4c(=O)[nH]c(CC(=O)C(C)C)nc43)[C@H](O1)[C@@H]2O[Si](C)(C)C(C)(C)C.CC(C)(C)[Si](C)(C)O[C@H]1[C@H]2OP(O)(=S)OC[C@H]3O[C@@H](n4cnc5c(N)ncnc54)[C@H](F)[C@@H]3OP(=O)(S)OC[C@H]1O[C@H]2n1cnc2c(=O)[nH]c(N)nc21. The Morgan fingerprint density at radius 3 is 1.65 bits per heavy atom. The summed E-state index contributed by atoms with van der Waals surface area (Å²) in [5.41, 5.74) is 11.5. The molecule has 4 bridgehead atoms. The van der Waals surface area contributed by atoms with Gasteiger partial charge < -0.3 is 77.4 Å². The van der Waals surface area contributed by atoms with Gasteiger partial charge in [0.2, 0.25) is 5.95 Å². The van der Waals surface area contributed by atoms with Gasteiger partial charge in [-0.2, -0.15) is 4.98 Å². The van der Waals surface area contributed by atoms with Crippen molar-refractivity contribution in [2.75, 3.05) is 49.8 Å². The summed E-state index contributed by atoms with van der Waals surface area (Å²) in [6.45, 7) is 4.28. The van der Waals surface area contributed by atoms with Gasteiger partial charge in [0.25, 0.3) is 17.0 Å². The van der Waals surface area contributed by atoms with Crippen LogP contribution < -0.4 is 27.9 Å². The average Bonchev–Trinajstić information content (AvgIpc) is 1.55.